The zero-order valence-electron chi connectivity index (χ0n) is 6.39. The molecule has 1 heterocycles. The Hall–Kier alpha value is -1.96. The molecule has 1 aromatic rings. The SMILES string of the molecule is NCc1nnc(C(=O)OC(N)=O)o1. The van der Waals surface area contributed by atoms with Crippen LogP contribution in [0.4, 0.5) is 4.79 Å². The van der Waals surface area contributed by atoms with Crippen LogP contribution in [-0.2, 0) is 11.3 Å². The number of aromatic nitrogens is 2. The van der Waals surface area contributed by atoms with Gasteiger partial charge in [-0.3, -0.25) is 0 Å². The molecule has 0 aliphatic heterocycles. The third-order valence-electron chi connectivity index (χ3n) is 1.01. The first-order chi connectivity index (χ1) is 6.13. The van der Waals surface area contributed by atoms with Crippen molar-refractivity contribution in [3.8, 4) is 0 Å². The third-order valence-corrected chi connectivity index (χ3v) is 1.01. The molecule has 70 valence electrons. The number of rotatable bonds is 2. The standard InChI is InChI=1S/C5H6N4O4/c6-1-2-8-9-3(12-2)4(10)13-5(7)11/h1,6H2,(H2,7,11). The first-order valence-corrected chi connectivity index (χ1v) is 3.17. The first-order valence-electron chi connectivity index (χ1n) is 3.17. The highest BCUT2D eigenvalue weighted by Crippen LogP contribution is 2.00. The second-order valence-corrected chi connectivity index (χ2v) is 1.91. The molecule has 0 fully saturated rings. The van der Waals surface area contributed by atoms with Crippen LogP contribution in [0.25, 0.3) is 0 Å². The third kappa shape index (κ3) is 2.24. The summed E-state index contributed by atoms with van der Waals surface area (Å²) in [5.41, 5.74) is 9.70. The van der Waals surface area contributed by atoms with Crippen molar-refractivity contribution in [1.29, 1.82) is 0 Å². The lowest BCUT2D eigenvalue weighted by atomic mass is 10.6. The van der Waals surface area contributed by atoms with Gasteiger partial charge in [0.1, 0.15) is 0 Å². The van der Waals surface area contributed by atoms with Gasteiger partial charge in [0, 0.05) is 0 Å². The number of amides is 1. The smallest absolute Gasteiger partial charge is 0.412 e. The second-order valence-electron chi connectivity index (χ2n) is 1.91. The fourth-order valence-electron chi connectivity index (χ4n) is 0.554. The van der Waals surface area contributed by atoms with Crippen LogP contribution in [-0.4, -0.2) is 22.3 Å². The van der Waals surface area contributed by atoms with Gasteiger partial charge in [-0.1, -0.05) is 0 Å². The van der Waals surface area contributed by atoms with E-state index in [2.05, 4.69) is 25.1 Å². The molecular weight excluding hydrogens is 180 g/mol. The Morgan fingerprint density at radius 3 is 2.62 bits per heavy atom. The average molecular weight is 186 g/mol. The van der Waals surface area contributed by atoms with Crippen molar-refractivity contribution in [2.45, 2.75) is 6.54 Å². The van der Waals surface area contributed by atoms with Gasteiger partial charge in [-0.2, -0.15) is 0 Å². The van der Waals surface area contributed by atoms with Gasteiger partial charge in [0.2, 0.25) is 5.89 Å². The molecule has 4 N–H and O–H groups in total. The maximum absolute atomic E-state index is 10.8. The van der Waals surface area contributed by atoms with Crippen LogP contribution in [0.15, 0.2) is 4.42 Å². The Balaban J connectivity index is 2.71. The average Bonchev–Trinajstić information content (AvgIpc) is 2.50. The molecule has 8 nitrogen and oxygen atoms in total. The molecule has 0 aliphatic carbocycles. The molecule has 0 saturated heterocycles. The van der Waals surface area contributed by atoms with E-state index in [0.29, 0.717) is 0 Å². The number of carbonyl (C=O) groups excluding carboxylic acids is 2. The molecule has 0 bridgehead atoms. The van der Waals surface area contributed by atoms with Crippen LogP contribution in [0.5, 0.6) is 0 Å². The zero-order valence-corrected chi connectivity index (χ0v) is 6.39. The van der Waals surface area contributed by atoms with E-state index in [9.17, 15) is 9.59 Å². The summed E-state index contributed by atoms with van der Waals surface area (Å²) in [6.07, 6.45) is -1.24. The van der Waals surface area contributed by atoms with Gasteiger partial charge < -0.3 is 20.6 Å². The van der Waals surface area contributed by atoms with Crippen molar-refractivity contribution in [1.82, 2.24) is 10.2 Å². The summed E-state index contributed by atoms with van der Waals surface area (Å²) < 4.78 is 8.62. The minimum atomic E-state index is -1.24. The van der Waals surface area contributed by atoms with Gasteiger partial charge in [-0.15, -0.1) is 10.2 Å². The van der Waals surface area contributed by atoms with Crippen LogP contribution in [0.3, 0.4) is 0 Å². The van der Waals surface area contributed by atoms with Crippen molar-refractivity contribution in [3.63, 3.8) is 0 Å². The summed E-state index contributed by atoms with van der Waals surface area (Å²) in [6, 6.07) is 0. The highest BCUT2D eigenvalue weighted by atomic mass is 16.6. The van der Waals surface area contributed by atoms with Gasteiger partial charge in [-0.05, 0) is 0 Å². The van der Waals surface area contributed by atoms with Gasteiger partial charge in [0.25, 0.3) is 0 Å². The van der Waals surface area contributed by atoms with Crippen LogP contribution < -0.4 is 11.5 Å². The second kappa shape index (κ2) is 3.63. The minimum absolute atomic E-state index is 0.00312. The summed E-state index contributed by atoms with van der Waals surface area (Å²) in [6.45, 7) is -0.00312. The lowest BCUT2D eigenvalue weighted by Crippen LogP contribution is -2.18. The topological polar surface area (TPSA) is 134 Å². The number of ether oxygens (including phenoxy) is 1. The van der Waals surface area contributed by atoms with E-state index in [-0.39, 0.29) is 12.4 Å². The number of carbonyl (C=O) groups is 2. The molecule has 0 aliphatic rings. The molecule has 1 amide bonds. The summed E-state index contributed by atoms with van der Waals surface area (Å²) in [5, 5.41) is 6.63. The monoisotopic (exact) mass is 186 g/mol. The molecule has 0 radical (unpaired) electrons. The molecule has 0 saturated carbocycles. The summed E-state index contributed by atoms with van der Waals surface area (Å²) in [4.78, 5) is 20.9. The van der Waals surface area contributed by atoms with Gasteiger partial charge in [-0.25, -0.2) is 9.59 Å². The number of hydrogen-bond acceptors (Lipinski definition) is 7. The highest BCUT2D eigenvalue weighted by molar-refractivity contribution is 5.92. The minimum Gasteiger partial charge on any atom is -0.414 e. The quantitative estimate of drug-likeness (QED) is 0.435. The predicted octanol–water partition coefficient (Wildman–Crippen LogP) is -1.24. The van der Waals surface area contributed by atoms with Crippen LogP contribution in [0.1, 0.15) is 16.6 Å². The molecule has 0 aromatic carbocycles. The Bertz CT molecular complexity index is 333. The molecular formula is C5H6N4O4. The number of nitrogens with two attached hydrogens (primary N) is 2. The number of esters is 1. The Kier molecular flexibility index (Phi) is 2.55. The van der Waals surface area contributed by atoms with E-state index < -0.39 is 18.0 Å². The van der Waals surface area contributed by atoms with E-state index in [1.807, 2.05) is 0 Å². The number of primary amides is 1. The van der Waals surface area contributed by atoms with Crippen molar-refractivity contribution in [2.24, 2.45) is 11.5 Å². The number of nitrogens with zero attached hydrogens (tertiary/aromatic N) is 2. The van der Waals surface area contributed by atoms with E-state index in [1.54, 1.807) is 0 Å². The van der Waals surface area contributed by atoms with Crippen molar-refractivity contribution >= 4 is 12.1 Å². The molecule has 0 spiro atoms. The van der Waals surface area contributed by atoms with Crippen molar-refractivity contribution < 1.29 is 18.7 Å². The molecule has 13 heavy (non-hydrogen) atoms. The zero-order chi connectivity index (χ0) is 9.84. The lowest BCUT2D eigenvalue weighted by Gasteiger charge is -1.91. The fourth-order valence-corrected chi connectivity index (χ4v) is 0.554. The lowest BCUT2D eigenvalue weighted by molar-refractivity contribution is 0.0594. The van der Waals surface area contributed by atoms with E-state index in [0.717, 1.165) is 0 Å². The van der Waals surface area contributed by atoms with E-state index in [4.69, 9.17) is 5.73 Å². The van der Waals surface area contributed by atoms with Crippen molar-refractivity contribution in [2.75, 3.05) is 0 Å². The van der Waals surface area contributed by atoms with Gasteiger partial charge in [0.15, 0.2) is 0 Å². The Morgan fingerprint density at radius 1 is 1.46 bits per heavy atom. The molecule has 8 heteroatoms. The molecule has 1 aromatic heterocycles. The largest absolute Gasteiger partial charge is 0.414 e. The summed E-state index contributed by atoms with van der Waals surface area (Å²) in [7, 11) is 0. The van der Waals surface area contributed by atoms with Crippen LogP contribution in [0, 0.1) is 0 Å². The summed E-state index contributed by atoms with van der Waals surface area (Å²) >= 11 is 0. The Morgan fingerprint density at radius 2 is 2.15 bits per heavy atom. The highest BCUT2D eigenvalue weighted by Gasteiger charge is 2.17. The molecule has 0 unspecified atom stereocenters. The Labute approximate surface area is 71.8 Å². The number of hydrogen-bond donors (Lipinski definition) is 2. The normalized spacial score (nSPS) is 9.62. The van der Waals surface area contributed by atoms with Crippen molar-refractivity contribution in [3.05, 3.63) is 11.8 Å². The molecule has 1 rings (SSSR count). The van der Waals surface area contributed by atoms with Crippen LogP contribution in [0.2, 0.25) is 0 Å². The van der Waals surface area contributed by atoms with Gasteiger partial charge >= 0.3 is 18.0 Å². The molecule has 0 atom stereocenters. The maximum Gasteiger partial charge on any atom is 0.412 e. The van der Waals surface area contributed by atoms with Crippen LogP contribution >= 0.6 is 0 Å². The predicted molar refractivity (Wildman–Crippen MR) is 37.2 cm³/mol. The maximum atomic E-state index is 10.8. The van der Waals surface area contributed by atoms with E-state index >= 15 is 0 Å². The fraction of sp³-hybridized carbons (Fsp3) is 0.200. The first kappa shape index (κ1) is 9.13. The van der Waals surface area contributed by atoms with E-state index in [1.165, 1.54) is 0 Å². The van der Waals surface area contributed by atoms with Gasteiger partial charge in [0.05, 0.1) is 6.54 Å². The summed E-state index contributed by atoms with van der Waals surface area (Å²) in [5.74, 6) is -1.49.